The van der Waals surface area contributed by atoms with E-state index in [1.807, 2.05) is 0 Å². The van der Waals surface area contributed by atoms with Gasteiger partial charge in [0.25, 0.3) is 0 Å². The minimum Gasteiger partial charge on any atom is -0.458 e. The fourth-order valence-corrected chi connectivity index (χ4v) is 2.03. The standard InChI is InChI=1S/C15H14ClN3O4/c1-11-17-10-14(19(21)22)18(11)8-9-23-15(20)7-4-12-2-5-13(16)6-3-12/h2-7,10H,8-9H2,1H3. The van der Waals surface area contributed by atoms with Crippen LogP contribution >= 0.6 is 11.6 Å². The summed E-state index contributed by atoms with van der Waals surface area (Å²) in [5, 5.41) is 11.4. The predicted molar refractivity (Wildman–Crippen MR) is 85.1 cm³/mol. The number of imidazole rings is 1. The molecule has 2 rings (SSSR count). The van der Waals surface area contributed by atoms with Gasteiger partial charge < -0.3 is 14.9 Å². The van der Waals surface area contributed by atoms with Crippen molar-refractivity contribution in [3.63, 3.8) is 0 Å². The lowest BCUT2D eigenvalue weighted by molar-refractivity contribution is -0.392. The summed E-state index contributed by atoms with van der Waals surface area (Å²) >= 11 is 5.77. The molecule has 0 amide bonds. The highest BCUT2D eigenvalue weighted by atomic mass is 35.5. The van der Waals surface area contributed by atoms with Crippen molar-refractivity contribution in [1.82, 2.24) is 9.55 Å². The maximum absolute atomic E-state index is 11.6. The monoisotopic (exact) mass is 335 g/mol. The minimum atomic E-state index is -0.527. The quantitative estimate of drug-likeness (QED) is 0.350. The van der Waals surface area contributed by atoms with Crippen LogP contribution in [0.4, 0.5) is 5.82 Å². The van der Waals surface area contributed by atoms with E-state index in [0.29, 0.717) is 10.8 Å². The maximum Gasteiger partial charge on any atom is 0.342 e. The fourth-order valence-electron chi connectivity index (χ4n) is 1.90. The lowest BCUT2D eigenvalue weighted by Gasteiger charge is -2.03. The number of halogens is 1. The smallest absolute Gasteiger partial charge is 0.342 e. The van der Waals surface area contributed by atoms with Crippen LogP contribution < -0.4 is 0 Å². The SMILES string of the molecule is Cc1ncc([N+](=O)[O-])n1CCOC(=O)C=Cc1ccc(Cl)cc1. The molecule has 120 valence electrons. The molecule has 7 nitrogen and oxygen atoms in total. The van der Waals surface area contributed by atoms with E-state index in [1.165, 1.54) is 16.8 Å². The lowest BCUT2D eigenvalue weighted by atomic mass is 10.2. The molecule has 0 N–H and O–H groups in total. The van der Waals surface area contributed by atoms with Crippen molar-refractivity contribution in [2.45, 2.75) is 13.5 Å². The number of aromatic nitrogens is 2. The van der Waals surface area contributed by atoms with Crippen LogP contribution in [0.25, 0.3) is 6.08 Å². The van der Waals surface area contributed by atoms with Gasteiger partial charge in [0.05, 0.1) is 0 Å². The third-order valence-corrected chi connectivity index (χ3v) is 3.31. The molecule has 0 spiro atoms. The Hall–Kier alpha value is -2.67. The van der Waals surface area contributed by atoms with E-state index in [1.54, 1.807) is 37.3 Å². The highest BCUT2D eigenvalue weighted by Gasteiger charge is 2.17. The number of ether oxygens (including phenoxy) is 1. The van der Waals surface area contributed by atoms with Crippen LogP contribution in [0.3, 0.4) is 0 Å². The van der Waals surface area contributed by atoms with Crippen molar-refractivity contribution in [2.24, 2.45) is 0 Å². The normalized spacial score (nSPS) is 10.9. The number of aryl methyl sites for hydroxylation is 1. The minimum absolute atomic E-state index is 0.0157. The molecule has 0 radical (unpaired) electrons. The predicted octanol–water partition coefficient (Wildman–Crippen LogP) is 3.01. The fraction of sp³-hybridized carbons (Fsp3) is 0.200. The Kier molecular flexibility index (Phi) is 5.48. The second-order valence-electron chi connectivity index (χ2n) is 4.62. The number of nitrogens with zero attached hydrogens (tertiary/aromatic N) is 3. The largest absolute Gasteiger partial charge is 0.458 e. The molecule has 1 aromatic carbocycles. The van der Waals surface area contributed by atoms with E-state index in [2.05, 4.69) is 4.98 Å². The molecule has 1 aromatic heterocycles. The highest BCUT2D eigenvalue weighted by Crippen LogP contribution is 2.13. The van der Waals surface area contributed by atoms with Gasteiger partial charge in [0, 0.05) is 18.0 Å². The van der Waals surface area contributed by atoms with Crippen LogP contribution in [0.15, 0.2) is 36.5 Å². The molecular weight excluding hydrogens is 322 g/mol. The van der Waals surface area contributed by atoms with Gasteiger partial charge in [0.15, 0.2) is 5.82 Å². The number of nitro groups is 1. The molecule has 0 atom stereocenters. The van der Waals surface area contributed by atoms with E-state index in [4.69, 9.17) is 16.3 Å². The zero-order valence-electron chi connectivity index (χ0n) is 12.3. The van der Waals surface area contributed by atoms with Crippen molar-refractivity contribution in [1.29, 1.82) is 0 Å². The Bertz CT molecular complexity index is 738. The second-order valence-corrected chi connectivity index (χ2v) is 5.06. The van der Waals surface area contributed by atoms with Gasteiger partial charge in [-0.25, -0.2) is 14.3 Å². The first kappa shape index (κ1) is 16.7. The summed E-state index contributed by atoms with van der Waals surface area (Å²) in [7, 11) is 0. The molecule has 0 saturated carbocycles. The van der Waals surface area contributed by atoms with E-state index < -0.39 is 10.9 Å². The molecule has 0 aliphatic rings. The Morgan fingerprint density at radius 1 is 1.43 bits per heavy atom. The number of rotatable bonds is 6. The zero-order valence-corrected chi connectivity index (χ0v) is 13.1. The first-order valence-electron chi connectivity index (χ1n) is 6.74. The molecule has 0 unspecified atom stereocenters. The van der Waals surface area contributed by atoms with Gasteiger partial charge in [-0.05, 0) is 28.7 Å². The summed E-state index contributed by atoms with van der Waals surface area (Å²) in [6, 6.07) is 6.97. The van der Waals surface area contributed by atoms with Crippen molar-refractivity contribution >= 4 is 29.5 Å². The van der Waals surface area contributed by atoms with Gasteiger partial charge in [0.1, 0.15) is 19.3 Å². The average Bonchev–Trinajstić information content (AvgIpc) is 2.88. The summed E-state index contributed by atoms with van der Waals surface area (Å²) in [6.07, 6.45) is 4.07. The van der Waals surface area contributed by atoms with E-state index >= 15 is 0 Å². The summed E-state index contributed by atoms with van der Waals surface area (Å²) in [5.74, 6) is -0.167. The molecule has 0 aliphatic heterocycles. The first-order chi connectivity index (χ1) is 11.0. The number of hydrogen-bond acceptors (Lipinski definition) is 5. The molecule has 0 fully saturated rings. The number of esters is 1. The van der Waals surface area contributed by atoms with Crippen LogP contribution in [0.1, 0.15) is 11.4 Å². The maximum atomic E-state index is 11.6. The average molecular weight is 336 g/mol. The number of carbonyl (C=O) groups excluding carboxylic acids is 1. The Morgan fingerprint density at radius 2 is 2.13 bits per heavy atom. The van der Waals surface area contributed by atoms with Crippen molar-refractivity contribution in [3.05, 3.63) is 63.1 Å². The third-order valence-electron chi connectivity index (χ3n) is 3.06. The van der Waals surface area contributed by atoms with Crippen LogP contribution in [-0.2, 0) is 16.1 Å². The number of benzene rings is 1. The van der Waals surface area contributed by atoms with E-state index in [-0.39, 0.29) is 19.0 Å². The highest BCUT2D eigenvalue weighted by molar-refractivity contribution is 6.30. The molecule has 0 aliphatic carbocycles. The molecule has 1 heterocycles. The molecule has 0 saturated heterocycles. The Labute approximate surface area is 137 Å². The Morgan fingerprint density at radius 3 is 2.78 bits per heavy atom. The number of carbonyl (C=O) groups is 1. The number of hydrogen-bond donors (Lipinski definition) is 0. The Balaban J connectivity index is 1.87. The van der Waals surface area contributed by atoms with Gasteiger partial charge in [-0.3, -0.25) is 0 Å². The van der Waals surface area contributed by atoms with E-state index in [9.17, 15) is 14.9 Å². The van der Waals surface area contributed by atoms with Gasteiger partial charge in [-0.1, -0.05) is 23.7 Å². The van der Waals surface area contributed by atoms with Crippen LogP contribution in [0.5, 0.6) is 0 Å². The van der Waals surface area contributed by atoms with Gasteiger partial charge in [-0.15, -0.1) is 0 Å². The summed E-state index contributed by atoms with van der Waals surface area (Å²) in [5.41, 5.74) is 0.812. The van der Waals surface area contributed by atoms with E-state index in [0.717, 1.165) is 5.56 Å². The first-order valence-corrected chi connectivity index (χ1v) is 7.12. The molecule has 8 heteroatoms. The van der Waals surface area contributed by atoms with Crippen LogP contribution in [0, 0.1) is 17.0 Å². The molecular formula is C15H14ClN3O4. The van der Waals surface area contributed by atoms with Gasteiger partial charge in [-0.2, -0.15) is 0 Å². The van der Waals surface area contributed by atoms with Crippen molar-refractivity contribution < 1.29 is 14.5 Å². The van der Waals surface area contributed by atoms with Crippen molar-refractivity contribution in [3.8, 4) is 0 Å². The second kappa shape index (κ2) is 7.55. The third kappa shape index (κ3) is 4.65. The summed E-state index contributed by atoms with van der Waals surface area (Å²) < 4.78 is 6.41. The zero-order chi connectivity index (χ0) is 16.8. The van der Waals surface area contributed by atoms with Gasteiger partial charge in [0.2, 0.25) is 0 Å². The molecule has 0 bridgehead atoms. The summed E-state index contributed by atoms with van der Waals surface area (Å²) in [4.78, 5) is 25.8. The lowest BCUT2D eigenvalue weighted by Crippen LogP contribution is -2.12. The topological polar surface area (TPSA) is 87.3 Å². The van der Waals surface area contributed by atoms with Crippen LogP contribution in [0.2, 0.25) is 5.02 Å². The van der Waals surface area contributed by atoms with Gasteiger partial charge >= 0.3 is 11.8 Å². The molecule has 2 aromatic rings. The van der Waals surface area contributed by atoms with Crippen LogP contribution in [-0.4, -0.2) is 27.1 Å². The summed E-state index contributed by atoms with van der Waals surface area (Å²) in [6.45, 7) is 1.83. The van der Waals surface area contributed by atoms with Crippen molar-refractivity contribution in [2.75, 3.05) is 6.61 Å². The molecule has 23 heavy (non-hydrogen) atoms.